The van der Waals surface area contributed by atoms with E-state index in [-0.39, 0.29) is 0 Å². The molecule has 0 spiro atoms. The summed E-state index contributed by atoms with van der Waals surface area (Å²) >= 11 is 0. The largest absolute Gasteiger partial charge is 0.495 e. The van der Waals surface area contributed by atoms with Crippen LogP contribution in [0.5, 0.6) is 5.75 Å². The Labute approximate surface area is 66.0 Å². The Bertz CT molecular complexity index is 296. The van der Waals surface area contributed by atoms with E-state index in [0.29, 0.717) is 0 Å². The molecule has 2 heteroatoms. The van der Waals surface area contributed by atoms with Crippen LogP contribution in [0.3, 0.4) is 0 Å². The highest BCUT2D eigenvalue weighted by atomic mass is 16.5. The predicted molar refractivity (Wildman–Crippen MR) is 44.1 cm³/mol. The Morgan fingerprint density at radius 2 is 2.09 bits per heavy atom. The zero-order valence-corrected chi connectivity index (χ0v) is 6.29. The van der Waals surface area contributed by atoms with Gasteiger partial charge < -0.3 is 10.5 Å². The van der Waals surface area contributed by atoms with Gasteiger partial charge in [0, 0.05) is 6.04 Å². The predicted octanol–water partition coefficient (Wildman–Crippen LogP) is 0.963. The van der Waals surface area contributed by atoms with Gasteiger partial charge in [0.25, 0.3) is 0 Å². The van der Waals surface area contributed by atoms with E-state index in [4.69, 9.17) is 10.5 Å². The molecule has 0 aliphatic heterocycles. The van der Waals surface area contributed by atoms with Crippen LogP contribution in [0.25, 0.3) is 0 Å². The topological polar surface area (TPSA) is 35.2 Å². The Kier molecular flexibility index (Phi) is 2.40. The van der Waals surface area contributed by atoms with Crippen LogP contribution < -0.4 is 10.5 Å². The molecule has 1 aromatic rings. The third-order valence-corrected chi connectivity index (χ3v) is 1.31. The molecule has 0 saturated carbocycles. The maximum atomic E-state index is 5.07. The molecular formula is C9H9NO. The lowest BCUT2D eigenvalue weighted by Crippen LogP contribution is -1.87. The van der Waals surface area contributed by atoms with Crippen LogP contribution in [0.1, 0.15) is 5.56 Å². The molecule has 0 aliphatic rings. The summed E-state index contributed by atoms with van der Waals surface area (Å²) in [4.78, 5) is 0. The van der Waals surface area contributed by atoms with E-state index >= 15 is 0 Å². The molecule has 0 atom stereocenters. The number of rotatable bonds is 1. The van der Waals surface area contributed by atoms with Crippen molar-refractivity contribution in [3.8, 4) is 17.7 Å². The third-order valence-electron chi connectivity index (χ3n) is 1.31. The van der Waals surface area contributed by atoms with Crippen molar-refractivity contribution in [1.82, 2.24) is 0 Å². The summed E-state index contributed by atoms with van der Waals surface area (Å²) in [5.41, 5.74) is 5.88. The number of nitrogens with two attached hydrogens (primary N) is 1. The molecule has 0 radical (unpaired) electrons. The van der Waals surface area contributed by atoms with Gasteiger partial charge in [0.2, 0.25) is 0 Å². The van der Waals surface area contributed by atoms with Crippen molar-refractivity contribution in [3.63, 3.8) is 0 Å². The Morgan fingerprint density at radius 1 is 1.36 bits per heavy atom. The molecule has 56 valence electrons. The van der Waals surface area contributed by atoms with E-state index < -0.39 is 0 Å². The zero-order chi connectivity index (χ0) is 8.10. The highest BCUT2D eigenvalue weighted by Gasteiger charge is 1.95. The second-order valence-electron chi connectivity index (χ2n) is 1.97. The molecule has 0 fully saturated rings. The molecule has 0 heterocycles. The van der Waals surface area contributed by atoms with Crippen molar-refractivity contribution in [3.05, 3.63) is 29.8 Å². The van der Waals surface area contributed by atoms with Crippen molar-refractivity contribution < 1.29 is 4.74 Å². The van der Waals surface area contributed by atoms with Crippen LogP contribution in [-0.4, -0.2) is 7.11 Å². The van der Waals surface area contributed by atoms with Crippen molar-refractivity contribution in [2.45, 2.75) is 0 Å². The lowest BCUT2D eigenvalue weighted by atomic mass is 10.2. The summed E-state index contributed by atoms with van der Waals surface area (Å²) in [7, 11) is 1.61. The van der Waals surface area contributed by atoms with Gasteiger partial charge in [-0.2, -0.15) is 0 Å². The maximum absolute atomic E-state index is 5.07. The van der Waals surface area contributed by atoms with Gasteiger partial charge in [-0.3, -0.25) is 0 Å². The van der Waals surface area contributed by atoms with Crippen molar-refractivity contribution >= 4 is 0 Å². The summed E-state index contributed by atoms with van der Waals surface area (Å²) in [5, 5.41) is 0. The van der Waals surface area contributed by atoms with Gasteiger partial charge in [-0.15, -0.1) is 0 Å². The lowest BCUT2D eigenvalue weighted by molar-refractivity contribution is 0.413. The number of benzene rings is 1. The summed E-state index contributed by atoms with van der Waals surface area (Å²) in [5.74, 6) is 3.48. The van der Waals surface area contributed by atoms with Gasteiger partial charge >= 0.3 is 0 Å². The van der Waals surface area contributed by atoms with Gasteiger partial charge in [0.1, 0.15) is 5.75 Å². The molecular weight excluding hydrogens is 138 g/mol. The van der Waals surface area contributed by atoms with Gasteiger partial charge in [-0.25, -0.2) is 0 Å². The van der Waals surface area contributed by atoms with Crippen molar-refractivity contribution in [2.24, 2.45) is 5.73 Å². The molecule has 2 nitrogen and oxygen atoms in total. The number of hydrogen-bond donors (Lipinski definition) is 1. The molecule has 0 unspecified atom stereocenters. The molecule has 0 amide bonds. The van der Waals surface area contributed by atoms with E-state index in [1.165, 1.54) is 0 Å². The molecule has 1 rings (SSSR count). The van der Waals surface area contributed by atoms with Gasteiger partial charge in [0.05, 0.1) is 12.7 Å². The van der Waals surface area contributed by atoms with Crippen LogP contribution in [-0.2, 0) is 0 Å². The van der Waals surface area contributed by atoms with E-state index in [1.54, 1.807) is 7.11 Å². The van der Waals surface area contributed by atoms with Crippen LogP contribution in [0.2, 0.25) is 0 Å². The summed E-state index contributed by atoms with van der Waals surface area (Å²) in [6.07, 6.45) is 0. The fourth-order valence-electron chi connectivity index (χ4n) is 0.826. The van der Waals surface area contributed by atoms with Crippen LogP contribution in [0.15, 0.2) is 24.3 Å². The standard InChI is InChI=1S/C9H9NO/c1-11-9-5-3-2-4-8(9)6-7-10/h2-5H,10H2,1H3. The van der Waals surface area contributed by atoms with Crippen LogP contribution in [0, 0.1) is 12.0 Å². The highest BCUT2D eigenvalue weighted by Crippen LogP contribution is 2.14. The Hall–Kier alpha value is -1.62. The number of para-hydroxylation sites is 1. The quantitative estimate of drug-likeness (QED) is 0.474. The first-order valence-corrected chi connectivity index (χ1v) is 3.23. The summed E-state index contributed by atoms with van der Waals surface area (Å²) < 4.78 is 5.04. The average Bonchev–Trinajstić information content (AvgIpc) is 2.06. The van der Waals surface area contributed by atoms with Crippen molar-refractivity contribution in [2.75, 3.05) is 7.11 Å². The molecule has 0 saturated heterocycles. The fraction of sp³-hybridized carbons (Fsp3) is 0.111. The van der Waals surface area contributed by atoms with Crippen LogP contribution >= 0.6 is 0 Å². The fourth-order valence-corrected chi connectivity index (χ4v) is 0.826. The SMILES string of the molecule is COc1ccccc1C#CN. The second kappa shape index (κ2) is 3.52. The first-order valence-electron chi connectivity index (χ1n) is 3.23. The summed E-state index contributed by atoms with van der Waals surface area (Å²) in [6, 6.07) is 9.82. The Balaban J connectivity index is 3.09. The zero-order valence-electron chi connectivity index (χ0n) is 6.29. The number of hydrogen-bond acceptors (Lipinski definition) is 2. The molecule has 0 aromatic heterocycles. The first-order chi connectivity index (χ1) is 5.38. The van der Waals surface area contributed by atoms with E-state index in [2.05, 4.69) is 12.0 Å². The Morgan fingerprint density at radius 3 is 2.73 bits per heavy atom. The van der Waals surface area contributed by atoms with E-state index in [0.717, 1.165) is 11.3 Å². The number of ether oxygens (including phenoxy) is 1. The smallest absolute Gasteiger partial charge is 0.134 e. The molecule has 2 N–H and O–H groups in total. The normalized spacial score (nSPS) is 8.09. The first kappa shape index (κ1) is 7.49. The summed E-state index contributed by atoms with van der Waals surface area (Å²) in [6.45, 7) is 0. The van der Waals surface area contributed by atoms with Gasteiger partial charge in [-0.1, -0.05) is 12.1 Å². The van der Waals surface area contributed by atoms with Crippen molar-refractivity contribution in [1.29, 1.82) is 0 Å². The third kappa shape index (κ3) is 1.65. The van der Waals surface area contributed by atoms with Gasteiger partial charge in [-0.05, 0) is 18.1 Å². The van der Waals surface area contributed by atoms with Gasteiger partial charge in [0.15, 0.2) is 0 Å². The second-order valence-corrected chi connectivity index (χ2v) is 1.97. The minimum Gasteiger partial charge on any atom is -0.495 e. The minimum absolute atomic E-state index is 0.755. The average molecular weight is 147 g/mol. The monoisotopic (exact) mass is 147 g/mol. The molecule has 1 aromatic carbocycles. The molecule has 0 aliphatic carbocycles. The van der Waals surface area contributed by atoms with E-state index in [1.807, 2.05) is 24.3 Å². The maximum Gasteiger partial charge on any atom is 0.134 e. The lowest BCUT2D eigenvalue weighted by Gasteiger charge is -2.00. The van der Waals surface area contributed by atoms with Crippen LogP contribution in [0.4, 0.5) is 0 Å². The number of methoxy groups -OCH3 is 1. The molecule has 0 bridgehead atoms. The highest BCUT2D eigenvalue weighted by molar-refractivity contribution is 5.45. The molecule has 11 heavy (non-hydrogen) atoms. The minimum atomic E-state index is 0.755. The van der Waals surface area contributed by atoms with E-state index in [9.17, 15) is 0 Å².